The van der Waals surface area contributed by atoms with Gasteiger partial charge in [0.25, 0.3) is 0 Å². The maximum absolute atomic E-state index is 8.50. The van der Waals surface area contributed by atoms with E-state index in [1.165, 1.54) is 0 Å². The first-order valence-electron chi connectivity index (χ1n) is 4.93. The van der Waals surface area contributed by atoms with Crippen LogP contribution in [0.4, 0.5) is 0 Å². The topological polar surface area (TPSA) is 39.5 Å². The summed E-state index contributed by atoms with van der Waals surface area (Å²) in [5, 5.41) is 8.50. The van der Waals surface area contributed by atoms with E-state index in [1.54, 1.807) is 7.11 Å². The zero-order valence-electron chi connectivity index (χ0n) is 9.49. The summed E-state index contributed by atoms with van der Waals surface area (Å²) in [6.07, 6.45) is 0.594. The van der Waals surface area contributed by atoms with Gasteiger partial charge >= 0.3 is 0 Å². The van der Waals surface area contributed by atoms with E-state index < -0.39 is 0 Å². The first-order valence-corrected chi connectivity index (χ1v) is 4.93. The van der Waals surface area contributed by atoms with Gasteiger partial charge in [-0.05, 0) is 14.1 Å². The normalized spacial score (nSPS) is 10.9. The van der Waals surface area contributed by atoms with Crippen molar-refractivity contribution in [3.05, 3.63) is 0 Å². The van der Waals surface area contributed by atoms with Crippen LogP contribution in [0.25, 0.3) is 0 Å². The molecule has 0 aliphatic rings. The molecule has 0 aromatic heterocycles. The van der Waals surface area contributed by atoms with Gasteiger partial charge in [-0.2, -0.15) is 5.26 Å². The van der Waals surface area contributed by atoms with Crippen molar-refractivity contribution >= 4 is 0 Å². The lowest BCUT2D eigenvalue weighted by molar-refractivity contribution is 0.143. The van der Waals surface area contributed by atoms with Gasteiger partial charge < -0.3 is 9.64 Å². The highest BCUT2D eigenvalue weighted by Crippen LogP contribution is 1.92. The summed E-state index contributed by atoms with van der Waals surface area (Å²) in [5.74, 6) is 0. The minimum atomic E-state index is 0.594. The van der Waals surface area contributed by atoms with E-state index in [-0.39, 0.29) is 0 Å². The molecule has 0 spiro atoms. The van der Waals surface area contributed by atoms with E-state index in [0.717, 1.165) is 32.8 Å². The lowest BCUT2D eigenvalue weighted by Gasteiger charge is -2.22. The largest absolute Gasteiger partial charge is 0.383 e. The Kier molecular flexibility index (Phi) is 8.54. The summed E-state index contributed by atoms with van der Waals surface area (Å²) < 4.78 is 5.02. The second-order valence-electron chi connectivity index (χ2n) is 3.55. The molecule has 0 amide bonds. The maximum Gasteiger partial charge on any atom is 0.0635 e. The summed E-state index contributed by atoms with van der Waals surface area (Å²) in [5.41, 5.74) is 0. The molecular weight excluding hydrogens is 178 g/mol. The van der Waals surface area contributed by atoms with Crippen LogP contribution in [-0.2, 0) is 4.74 Å². The fourth-order valence-corrected chi connectivity index (χ4v) is 1.11. The number of methoxy groups -OCH3 is 1. The monoisotopic (exact) mass is 199 g/mol. The molecule has 0 bridgehead atoms. The Hall–Kier alpha value is -0.630. The minimum absolute atomic E-state index is 0.594. The number of nitrogens with zero attached hydrogens (tertiary/aromatic N) is 3. The Morgan fingerprint density at radius 1 is 1.14 bits per heavy atom. The van der Waals surface area contributed by atoms with Gasteiger partial charge in [0.05, 0.1) is 12.7 Å². The van der Waals surface area contributed by atoms with Crippen LogP contribution in [0.1, 0.15) is 6.42 Å². The predicted octanol–water partition coefficient (Wildman–Crippen LogP) is 0.410. The molecular formula is C10H21N3O. The molecule has 0 N–H and O–H groups in total. The summed E-state index contributed by atoms with van der Waals surface area (Å²) in [6, 6.07) is 2.17. The Morgan fingerprint density at radius 3 is 2.36 bits per heavy atom. The van der Waals surface area contributed by atoms with Crippen LogP contribution >= 0.6 is 0 Å². The third-order valence-corrected chi connectivity index (χ3v) is 2.01. The van der Waals surface area contributed by atoms with E-state index in [9.17, 15) is 0 Å². The smallest absolute Gasteiger partial charge is 0.0635 e. The molecule has 4 heteroatoms. The fraction of sp³-hybridized carbons (Fsp3) is 0.900. The lowest BCUT2D eigenvalue weighted by Crippen LogP contribution is -2.34. The van der Waals surface area contributed by atoms with Crippen LogP contribution in [-0.4, -0.2) is 63.8 Å². The summed E-state index contributed by atoms with van der Waals surface area (Å²) in [7, 11) is 5.81. The van der Waals surface area contributed by atoms with Crippen molar-refractivity contribution in [3.63, 3.8) is 0 Å². The molecule has 0 saturated heterocycles. The molecule has 0 aromatic carbocycles. The van der Waals surface area contributed by atoms with Crippen LogP contribution in [0, 0.1) is 11.3 Å². The summed E-state index contributed by atoms with van der Waals surface area (Å²) >= 11 is 0. The molecule has 0 unspecified atom stereocenters. The maximum atomic E-state index is 8.50. The van der Waals surface area contributed by atoms with Crippen molar-refractivity contribution in [1.29, 1.82) is 5.26 Å². The molecule has 0 aliphatic carbocycles. The van der Waals surface area contributed by atoms with Crippen molar-refractivity contribution in [2.45, 2.75) is 6.42 Å². The van der Waals surface area contributed by atoms with Crippen molar-refractivity contribution in [1.82, 2.24) is 9.80 Å². The van der Waals surface area contributed by atoms with Gasteiger partial charge in [-0.3, -0.25) is 4.90 Å². The van der Waals surface area contributed by atoms with Crippen LogP contribution in [0.2, 0.25) is 0 Å². The van der Waals surface area contributed by atoms with E-state index in [0.29, 0.717) is 6.42 Å². The standard InChI is InChI=1S/C10H21N3O/c1-12(2)7-8-13(6-4-5-11)9-10-14-3/h4,6-10H2,1-3H3. The molecule has 82 valence electrons. The van der Waals surface area contributed by atoms with Crippen molar-refractivity contribution in [2.24, 2.45) is 0 Å². The number of hydrogen-bond acceptors (Lipinski definition) is 4. The molecule has 0 rings (SSSR count). The zero-order chi connectivity index (χ0) is 10.8. The molecule has 0 radical (unpaired) electrons. The molecule has 14 heavy (non-hydrogen) atoms. The highest BCUT2D eigenvalue weighted by Gasteiger charge is 2.04. The Bertz CT molecular complexity index is 165. The molecule has 0 heterocycles. The number of likely N-dealkylation sites (N-methyl/N-ethyl adjacent to an activating group) is 1. The van der Waals surface area contributed by atoms with Gasteiger partial charge in [0.2, 0.25) is 0 Å². The van der Waals surface area contributed by atoms with E-state index in [1.807, 2.05) is 0 Å². The van der Waals surface area contributed by atoms with E-state index in [4.69, 9.17) is 10.00 Å². The van der Waals surface area contributed by atoms with Crippen LogP contribution < -0.4 is 0 Å². The van der Waals surface area contributed by atoms with Gasteiger partial charge in [-0.25, -0.2) is 0 Å². The highest BCUT2D eigenvalue weighted by molar-refractivity contribution is 4.72. The number of hydrogen-bond donors (Lipinski definition) is 0. The van der Waals surface area contributed by atoms with Crippen molar-refractivity contribution < 1.29 is 4.74 Å². The van der Waals surface area contributed by atoms with Gasteiger partial charge in [0.1, 0.15) is 0 Å². The predicted molar refractivity (Wildman–Crippen MR) is 57.1 cm³/mol. The Labute approximate surface area is 87.0 Å². The zero-order valence-corrected chi connectivity index (χ0v) is 9.49. The Morgan fingerprint density at radius 2 is 1.86 bits per heavy atom. The van der Waals surface area contributed by atoms with E-state index in [2.05, 4.69) is 30.0 Å². The van der Waals surface area contributed by atoms with Crippen LogP contribution in [0.15, 0.2) is 0 Å². The van der Waals surface area contributed by atoms with Gasteiger partial charge in [0.15, 0.2) is 0 Å². The average molecular weight is 199 g/mol. The number of nitriles is 1. The quantitative estimate of drug-likeness (QED) is 0.567. The first-order chi connectivity index (χ1) is 6.70. The molecule has 0 saturated carbocycles. The van der Waals surface area contributed by atoms with Gasteiger partial charge in [0, 0.05) is 39.7 Å². The van der Waals surface area contributed by atoms with Crippen molar-refractivity contribution in [2.75, 3.05) is 54.0 Å². The molecule has 0 fully saturated rings. The highest BCUT2D eigenvalue weighted by atomic mass is 16.5. The van der Waals surface area contributed by atoms with Crippen molar-refractivity contribution in [3.8, 4) is 6.07 Å². The minimum Gasteiger partial charge on any atom is -0.383 e. The summed E-state index contributed by atoms with van der Waals surface area (Å²) in [4.78, 5) is 4.40. The van der Waals surface area contributed by atoms with Crippen LogP contribution in [0.3, 0.4) is 0 Å². The van der Waals surface area contributed by atoms with Gasteiger partial charge in [-0.15, -0.1) is 0 Å². The molecule has 0 aliphatic heterocycles. The lowest BCUT2D eigenvalue weighted by atomic mass is 10.4. The Balaban J connectivity index is 3.67. The fourth-order valence-electron chi connectivity index (χ4n) is 1.11. The number of rotatable bonds is 8. The average Bonchev–Trinajstić information content (AvgIpc) is 2.16. The second-order valence-corrected chi connectivity index (χ2v) is 3.55. The molecule has 0 aromatic rings. The van der Waals surface area contributed by atoms with E-state index >= 15 is 0 Å². The second kappa shape index (κ2) is 8.95. The third-order valence-electron chi connectivity index (χ3n) is 2.01. The SMILES string of the molecule is COCCN(CCC#N)CCN(C)C. The number of ether oxygens (including phenoxy) is 1. The van der Waals surface area contributed by atoms with Crippen LogP contribution in [0.5, 0.6) is 0 Å². The van der Waals surface area contributed by atoms with Gasteiger partial charge in [-0.1, -0.05) is 0 Å². The summed E-state index contributed by atoms with van der Waals surface area (Å²) in [6.45, 7) is 4.51. The molecule has 4 nitrogen and oxygen atoms in total. The first kappa shape index (κ1) is 13.4. The molecule has 0 atom stereocenters. The third kappa shape index (κ3) is 7.99.